The van der Waals surface area contributed by atoms with Crippen LogP contribution in [0.2, 0.25) is 0 Å². The number of rotatable bonds is 4. The van der Waals surface area contributed by atoms with Gasteiger partial charge in [-0.1, -0.05) is 25.1 Å². The molecule has 17 heavy (non-hydrogen) atoms. The van der Waals surface area contributed by atoms with E-state index in [4.69, 9.17) is 4.74 Å². The summed E-state index contributed by atoms with van der Waals surface area (Å²) in [4.78, 5) is 0. The minimum Gasteiger partial charge on any atom is -0.496 e. The van der Waals surface area contributed by atoms with Gasteiger partial charge in [-0.3, -0.25) is 0 Å². The Kier molecular flexibility index (Phi) is 4.35. The van der Waals surface area contributed by atoms with E-state index in [0.29, 0.717) is 12.1 Å². The fourth-order valence-corrected chi connectivity index (χ4v) is 3.73. The highest BCUT2D eigenvalue weighted by Gasteiger charge is 2.25. The van der Waals surface area contributed by atoms with Crippen molar-refractivity contribution in [2.75, 3.05) is 18.6 Å². The van der Waals surface area contributed by atoms with Crippen molar-refractivity contribution >= 4 is 11.8 Å². The maximum atomic E-state index is 5.41. The first kappa shape index (κ1) is 12.8. The molecule has 0 radical (unpaired) electrons. The molecule has 0 aliphatic carbocycles. The summed E-state index contributed by atoms with van der Waals surface area (Å²) in [5.41, 5.74) is 1.25. The second-order valence-corrected chi connectivity index (χ2v) is 5.83. The summed E-state index contributed by atoms with van der Waals surface area (Å²) in [6.45, 7) is 4.54. The molecule has 1 saturated heterocycles. The van der Waals surface area contributed by atoms with Crippen molar-refractivity contribution in [3.8, 4) is 5.75 Å². The number of thioether (sulfide) groups is 1. The first-order valence-electron chi connectivity index (χ1n) is 6.19. The summed E-state index contributed by atoms with van der Waals surface area (Å²) in [5, 5.41) is 3.72. The van der Waals surface area contributed by atoms with Crippen LogP contribution < -0.4 is 10.1 Å². The van der Waals surface area contributed by atoms with Crippen molar-refractivity contribution in [3.05, 3.63) is 29.8 Å². The summed E-state index contributed by atoms with van der Waals surface area (Å²) < 4.78 is 5.41. The lowest BCUT2D eigenvalue weighted by molar-refractivity contribution is 0.380. The van der Waals surface area contributed by atoms with Gasteiger partial charge in [-0.2, -0.15) is 11.8 Å². The monoisotopic (exact) mass is 251 g/mol. The van der Waals surface area contributed by atoms with Gasteiger partial charge in [0.2, 0.25) is 0 Å². The van der Waals surface area contributed by atoms with Crippen molar-refractivity contribution in [1.82, 2.24) is 5.32 Å². The van der Waals surface area contributed by atoms with Crippen LogP contribution in [-0.2, 0) is 0 Å². The third kappa shape index (κ3) is 2.96. The second kappa shape index (κ2) is 5.78. The van der Waals surface area contributed by atoms with E-state index in [1.165, 1.54) is 17.1 Å². The van der Waals surface area contributed by atoms with Gasteiger partial charge >= 0.3 is 0 Å². The summed E-state index contributed by atoms with van der Waals surface area (Å²) in [7, 11) is 1.74. The molecule has 3 heteroatoms. The van der Waals surface area contributed by atoms with Crippen LogP contribution in [0.5, 0.6) is 5.75 Å². The Morgan fingerprint density at radius 2 is 2.12 bits per heavy atom. The molecule has 0 amide bonds. The fourth-order valence-electron chi connectivity index (χ4n) is 2.31. The molecule has 3 unspecified atom stereocenters. The lowest BCUT2D eigenvalue weighted by Gasteiger charge is -2.23. The van der Waals surface area contributed by atoms with Gasteiger partial charge in [-0.05, 0) is 24.7 Å². The molecule has 0 aromatic heterocycles. The number of ether oxygens (including phenoxy) is 1. The Balaban J connectivity index is 2.06. The minimum atomic E-state index is 0.345. The lowest BCUT2D eigenvalue weighted by atomic mass is 10.0. The van der Waals surface area contributed by atoms with Crippen LogP contribution in [0.4, 0.5) is 0 Å². The van der Waals surface area contributed by atoms with Crippen molar-refractivity contribution in [2.24, 2.45) is 5.92 Å². The van der Waals surface area contributed by atoms with Gasteiger partial charge in [-0.25, -0.2) is 0 Å². The first-order valence-corrected chi connectivity index (χ1v) is 7.34. The molecule has 3 atom stereocenters. The zero-order chi connectivity index (χ0) is 12.3. The van der Waals surface area contributed by atoms with Crippen LogP contribution in [-0.4, -0.2) is 24.7 Å². The van der Waals surface area contributed by atoms with Gasteiger partial charge in [0, 0.05) is 23.4 Å². The van der Waals surface area contributed by atoms with E-state index in [1.54, 1.807) is 7.11 Å². The molecule has 2 nitrogen and oxygen atoms in total. The molecule has 1 fully saturated rings. The third-order valence-electron chi connectivity index (χ3n) is 3.43. The van der Waals surface area contributed by atoms with Crippen LogP contribution in [0.3, 0.4) is 0 Å². The van der Waals surface area contributed by atoms with Gasteiger partial charge in [0.05, 0.1) is 7.11 Å². The van der Waals surface area contributed by atoms with E-state index in [1.807, 2.05) is 23.9 Å². The number of para-hydroxylation sites is 1. The predicted molar refractivity (Wildman–Crippen MR) is 74.8 cm³/mol. The maximum absolute atomic E-state index is 5.41. The molecular formula is C14H21NOS. The molecule has 94 valence electrons. The molecule has 1 N–H and O–H groups in total. The van der Waals surface area contributed by atoms with Crippen molar-refractivity contribution in [2.45, 2.75) is 25.9 Å². The topological polar surface area (TPSA) is 21.3 Å². The second-order valence-electron chi connectivity index (χ2n) is 4.75. The Labute approximate surface area is 108 Å². The minimum absolute atomic E-state index is 0.345. The van der Waals surface area contributed by atoms with E-state index in [9.17, 15) is 0 Å². The van der Waals surface area contributed by atoms with E-state index < -0.39 is 0 Å². The molecule has 0 bridgehead atoms. The highest BCUT2D eigenvalue weighted by Crippen LogP contribution is 2.29. The number of methoxy groups -OCH3 is 1. The SMILES string of the molecule is COc1ccccc1C(C)NC1CSCC1C. The standard InChI is InChI=1S/C14H21NOS/c1-10-8-17-9-13(10)15-11(2)12-6-4-5-7-14(12)16-3/h4-7,10-11,13,15H,8-9H2,1-3H3. The molecule has 2 rings (SSSR count). The number of nitrogens with one attached hydrogen (secondary N) is 1. The number of hydrogen-bond acceptors (Lipinski definition) is 3. The molecular weight excluding hydrogens is 230 g/mol. The van der Waals surface area contributed by atoms with Crippen molar-refractivity contribution < 1.29 is 4.74 Å². The van der Waals surface area contributed by atoms with Crippen LogP contribution in [0, 0.1) is 5.92 Å². The van der Waals surface area contributed by atoms with Gasteiger partial charge in [0.15, 0.2) is 0 Å². The summed E-state index contributed by atoms with van der Waals surface area (Å²) >= 11 is 2.04. The largest absolute Gasteiger partial charge is 0.496 e. The zero-order valence-corrected chi connectivity index (χ0v) is 11.6. The lowest BCUT2D eigenvalue weighted by Crippen LogP contribution is -2.36. The fraction of sp³-hybridized carbons (Fsp3) is 0.571. The van der Waals surface area contributed by atoms with Gasteiger partial charge < -0.3 is 10.1 Å². The number of benzene rings is 1. The smallest absolute Gasteiger partial charge is 0.123 e. The molecule has 1 aliphatic rings. The first-order chi connectivity index (χ1) is 8.22. The Hall–Kier alpha value is -0.670. The average molecular weight is 251 g/mol. The molecule has 0 saturated carbocycles. The van der Waals surface area contributed by atoms with E-state index >= 15 is 0 Å². The highest BCUT2D eigenvalue weighted by atomic mass is 32.2. The molecule has 1 aromatic rings. The third-order valence-corrected chi connectivity index (χ3v) is 4.79. The van der Waals surface area contributed by atoms with Crippen molar-refractivity contribution in [1.29, 1.82) is 0 Å². The van der Waals surface area contributed by atoms with Crippen molar-refractivity contribution in [3.63, 3.8) is 0 Å². The van der Waals surface area contributed by atoms with Crippen LogP contribution in [0.25, 0.3) is 0 Å². The molecule has 1 aromatic carbocycles. The maximum Gasteiger partial charge on any atom is 0.123 e. The van der Waals surface area contributed by atoms with Gasteiger partial charge in [-0.15, -0.1) is 0 Å². The van der Waals surface area contributed by atoms with Crippen LogP contribution in [0.15, 0.2) is 24.3 Å². The Morgan fingerprint density at radius 3 is 2.76 bits per heavy atom. The van der Waals surface area contributed by atoms with Crippen LogP contribution in [0.1, 0.15) is 25.5 Å². The molecule has 0 spiro atoms. The molecule has 1 aliphatic heterocycles. The Bertz CT molecular complexity index is 369. The molecule has 1 heterocycles. The van der Waals surface area contributed by atoms with Crippen LogP contribution >= 0.6 is 11.8 Å². The normalized spacial score (nSPS) is 25.8. The predicted octanol–water partition coefficient (Wildman–Crippen LogP) is 3.10. The summed E-state index contributed by atoms with van der Waals surface area (Å²) in [5.74, 6) is 4.24. The number of hydrogen-bond donors (Lipinski definition) is 1. The average Bonchev–Trinajstić information content (AvgIpc) is 2.75. The van der Waals surface area contributed by atoms with E-state index in [0.717, 1.165) is 11.7 Å². The van der Waals surface area contributed by atoms with E-state index in [2.05, 4.69) is 31.3 Å². The zero-order valence-electron chi connectivity index (χ0n) is 10.8. The van der Waals surface area contributed by atoms with Gasteiger partial charge in [0.25, 0.3) is 0 Å². The summed E-state index contributed by atoms with van der Waals surface area (Å²) in [6.07, 6.45) is 0. The summed E-state index contributed by atoms with van der Waals surface area (Å²) in [6, 6.07) is 9.23. The Morgan fingerprint density at radius 1 is 1.35 bits per heavy atom. The van der Waals surface area contributed by atoms with Gasteiger partial charge in [0.1, 0.15) is 5.75 Å². The van der Waals surface area contributed by atoms with E-state index in [-0.39, 0.29) is 0 Å². The highest BCUT2D eigenvalue weighted by molar-refractivity contribution is 7.99. The quantitative estimate of drug-likeness (QED) is 0.888.